The summed E-state index contributed by atoms with van der Waals surface area (Å²) < 4.78 is 37.7. The summed E-state index contributed by atoms with van der Waals surface area (Å²) in [5.74, 6) is 0.130. The summed E-state index contributed by atoms with van der Waals surface area (Å²) >= 11 is 6.98. The number of aromatic nitrogens is 3. The average molecular weight is 415 g/mol. The molecule has 6 nitrogen and oxygen atoms in total. The molecule has 0 unspecified atom stereocenters. The Balaban J connectivity index is 1.84. The summed E-state index contributed by atoms with van der Waals surface area (Å²) in [6.45, 7) is -0.855. The summed E-state index contributed by atoms with van der Waals surface area (Å²) in [6.07, 6.45) is -4.40. The quantitative estimate of drug-likeness (QED) is 0.411. The van der Waals surface area contributed by atoms with Crippen LogP contribution in [0.15, 0.2) is 41.3 Å². The summed E-state index contributed by atoms with van der Waals surface area (Å²) in [6, 6.07) is 10.6. The van der Waals surface area contributed by atoms with Gasteiger partial charge in [0.2, 0.25) is 5.95 Å². The minimum atomic E-state index is -4.40. The van der Waals surface area contributed by atoms with Gasteiger partial charge in [0, 0.05) is 11.4 Å². The van der Waals surface area contributed by atoms with E-state index < -0.39 is 12.7 Å². The molecular weight excluding hydrogens is 401 g/mol. The van der Waals surface area contributed by atoms with Gasteiger partial charge < -0.3 is 10.6 Å². The third-order valence-electron chi connectivity index (χ3n) is 3.47. The van der Waals surface area contributed by atoms with Gasteiger partial charge in [0.25, 0.3) is 0 Å². The number of rotatable bonds is 6. The van der Waals surface area contributed by atoms with Crippen LogP contribution < -0.4 is 15.8 Å². The van der Waals surface area contributed by atoms with E-state index in [1.807, 2.05) is 24.3 Å². The maximum absolute atomic E-state index is 12.6. The van der Waals surface area contributed by atoms with Crippen molar-refractivity contribution in [1.82, 2.24) is 15.0 Å². The van der Waals surface area contributed by atoms with Crippen LogP contribution in [0.3, 0.4) is 0 Å². The van der Waals surface area contributed by atoms with Crippen molar-refractivity contribution in [3.05, 3.63) is 47.1 Å². The Morgan fingerprint density at radius 3 is 2.41 bits per heavy atom. The summed E-state index contributed by atoms with van der Waals surface area (Å²) in [4.78, 5) is 13.3. The number of benzene rings is 1. The number of halogens is 4. The molecule has 0 spiro atoms. The third kappa shape index (κ3) is 5.34. The van der Waals surface area contributed by atoms with Crippen LogP contribution in [0, 0.1) is 0 Å². The lowest BCUT2D eigenvalue weighted by molar-refractivity contribution is -0.115. The molecule has 0 saturated carbocycles. The molecule has 0 saturated heterocycles. The van der Waals surface area contributed by atoms with Crippen LogP contribution in [0.1, 0.15) is 5.56 Å². The Hall–Kier alpha value is -2.30. The number of nitrogens with one attached hydrogen (secondary N) is 2. The van der Waals surface area contributed by atoms with Gasteiger partial charge >= 0.3 is 6.18 Å². The van der Waals surface area contributed by atoms with Crippen LogP contribution in [0.5, 0.6) is 0 Å². The maximum atomic E-state index is 12.6. The fraction of sp³-hybridized carbons (Fsp3) is 0.188. The molecular formula is C16H14ClF3N6S. The van der Waals surface area contributed by atoms with Crippen LogP contribution in [-0.4, -0.2) is 27.7 Å². The number of hydrogen-bond acceptors (Lipinski definition) is 7. The Morgan fingerprint density at radius 1 is 1.00 bits per heavy atom. The largest absolute Gasteiger partial charge is 0.405 e. The van der Waals surface area contributed by atoms with Gasteiger partial charge in [0.15, 0.2) is 5.82 Å². The molecule has 0 fully saturated rings. The smallest absolute Gasteiger partial charge is 0.359 e. The molecule has 0 aliphatic rings. The molecule has 4 N–H and O–H groups in total. The van der Waals surface area contributed by atoms with E-state index in [0.717, 1.165) is 22.4 Å². The van der Waals surface area contributed by atoms with Crippen molar-refractivity contribution < 1.29 is 13.2 Å². The van der Waals surface area contributed by atoms with Gasteiger partial charge in [-0.1, -0.05) is 23.7 Å². The standard InChI is InChI=1S/C16H14ClF3N6S/c17-12-6-5-11-13(25-12)14(23-8-16(18,19)20)26-15(24-11)22-7-9-1-3-10(27-21)4-2-9/h1-6H,7-8,21H2,(H2,22,23,24,26). The van der Waals surface area contributed by atoms with Crippen molar-refractivity contribution in [2.75, 3.05) is 17.2 Å². The third-order valence-corrected chi connectivity index (χ3v) is 4.23. The van der Waals surface area contributed by atoms with E-state index in [0.29, 0.717) is 12.1 Å². The highest BCUT2D eigenvalue weighted by atomic mass is 35.5. The molecule has 0 amide bonds. The van der Waals surface area contributed by atoms with Gasteiger partial charge in [-0.2, -0.15) is 18.2 Å². The predicted molar refractivity (Wildman–Crippen MR) is 101 cm³/mol. The van der Waals surface area contributed by atoms with Crippen molar-refractivity contribution in [3.8, 4) is 0 Å². The average Bonchev–Trinajstić information content (AvgIpc) is 2.64. The molecule has 11 heteroatoms. The number of anilines is 2. The normalized spacial score (nSPS) is 11.6. The van der Waals surface area contributed by atoms with Crippen LogP contribution >= 0.6 is 23.5 Å². The molecule has 0 radical (unpaired) electrons. The van der Waals surface area contributed by atoms with E-state index in [1.165, 1.54) is 6.07 Å². The first-order valence-corrected chi connectivity index (χ1v) is 8.94. The first kappa shape index (κ1) is 19.5. The van der Waals surface area contributed by atoms with Crippen molar-refractivity contribution in [3.63, 3.8) is 0 Å². The lowest BCUT2D eigenvalue weighted by Gasteiger charge is -2.13. The molecule has 1 aromatic carbocycles. The molecule has 3 aromatic rings. The molecule has 2 heterocycles. The lowest BCUT2D eigenvalue weighted by Crippen LogP contribution is -2.22. The van der Waals surface area contributed by atoms with Crippen LogP contribution in [0.2, 0.25) is 5.15 Å². The Bertz CT molecular complexity index is 936. The van der Waals surface area contributed by atoms with E-state index in [-0.39, 0.29) is 22.4 Å². The fourth-order valence-corrected chi connectivity index (χ4v) is 2.68. The van der Waals surface area contributed by atoms with Crippen LogP contribution in [0.4, 0.5) is 24.9 Å². The zero-order valence-corrected chi connectivity index (χ0v) is 15.3. The Morgan fingerprint density at radius 2 is 1.74 bits per heavy atom. The van der Waals surface area contributed by atoms with Gasteiger partial charge in [-0.3, -0.25) is 5.14 Å². The minimum Gasteiger partial charge on any atom is -0.359 e. The molecule has 0 bridgehead atoms. The molecule has 2 aromatic heterocycles. The fourth-order valence-electron chi connectivity index (χ4n) is 2.24. The SMILES string of the molecule is NSc1ccc(CNc2nc(NCC(F)(F)F)c3nc(Cl)ccc3n2)cc1. The highest BCUT2D eigenvalue weighted by molar-refractivity contribution is 7.97. The number of nitrogens with zero attached hydrogens (tertiary/aromatic N) is 3. The second-order valence-corrected chi connectivity index (χ2v) is 6.58. The number of hydrogen-bond donors (Lipinski definition) is 3. The number of fused-ring (bicyclic) bond motifs is 1. The Labute approximate surface area is 161 Å². The lowest BCUT2D eigenvalue weighted by atomic mass is 10.2. The molecule has 0 atom stereocenters. The number of nitrogens with two attached hydrogens (primary N) is 1. The highest BCUT2D eigenvalue weighted by Crippen LogP contribution is 2.24. The van der Waals surface area contributed by atoms with Crippen LogP contribution in [-0.2, 0) is 6.54 Å². The highest BCUT2D eigenvalue weighted by Gasteiger charge is 2.27. The van der Waals surface area contributed by atoms with E-state index >= 15 is 0 Å². The van der Waals surface area contributed by atoms with Gasteiger partial charge in [-0.25, -0.2) is 9.97 Å². The van der Waals surface area contributed by atoms with Crippen LogP contribution in [0.25, 0.3) is 11.0 Å². The second-order valence-electron chi connectivity index (χ2n) is 5.48. The molecule has 3 rings (SSSR count). The zero-order chi connectivity index (χ0) is 19.4. The summed E-state index contributed by atoms with van der Waals surface area (Å²) in [7, 11) is 0. The van der Waals surface area contributed by atoms with Crippen molar-refractivity contribution in [1.29, 1.82) is 0 Å². The topological polar surface area (TPSA) is 88.8 Å². The van der Waals surface area contributed by atoms with Gasteiger partial charge in [0.1, 0.15) is 17.2 Å². The minimum absolute atomic E-state index is 0.0443. The van der Waals surface area contributed by atoms with Gasteiger partial charge in [-0.15, -0.1) is 0 Å². The van der Waals surface area contributed by atoms with Gasteiger partial charge in [-0.05, 0) is 41.8 Å². The van der Waals surface area contributed by atoms with E-state index in [4.69, 9.17) is 16.7 Å². The number of pyridine rings is 1. The zero-order valence-electron chi connectivity index (χ0n) is 13.7. The predicted octanol–water partition coefficient (Wildman–Crippen LogP) is 4.23. The first-order chi connectivity index (χ1) is 12.8. The molecule has 0 aliphatic heterocycles. The molecule has 142 valence electrons. The van der Waals surface area contributed by atoms with Crippen molar-refractivity contribution in [2.45, 2.75) is 17.6 Å². The maximum Gasteiger partial charge on any atom is 0.405 e. The van der Waals surface area contributed by atoms with E-state index in [9.17, 15) is 13.2 Å². The van der Waals surface area contributed by atoms with Crippen molar-refractivity contribution >= 4 is 46.3 Å². The van der Waals surface area contributed by atoms with E-state index in [1.54, 1.807) is 6.07 Å². The summed E-state index contributed by atoms with van der Waals surface area (Å²) in [5.41, 5.74) is 1.48. The molecule has 0 aliphatic carbocycles. The molecule has 27 heavy (non-hydrogen) atoms. The van der Waals surface area contributed by atoms with E-state index in [2.05, 4.69) is 25.6 Å². The van der Waals surface area contributed by atoms with Gasteiger partial charge in [0.05, 0.1) is 5.52 Å². The van der Waals surface area contributed by atoms with Crippen molar-refractivity contribution in [2.24, 2.45) is 5.14 Å². The number of alkyl halides is 3. The monoisotopic (exact) mass is 414 g/mol. The Kier molecular flexibility index (Phi) is 5.88. The summed E-state index contributed by atoms with van der Waals surface area (Å²) in [5, 5.41) is 10.9. The first-order valence-electron chi connectivity index (χ1n) is 7.68. The second kappa shape index (κ2) is 8.15.